The van der Waals surface area contributed by atoms with Crippen molar-refractivity contribution in [2.24, 2.45) is 0 Å². The van der Waals surface area contributed by atoms with Gasteiger partial charge in [0.2, 0.25) is 0 Å². The van der Waals surface area contributed by atoms with Crippen molar-refractivity contribution < 1.29 is 0 Å². The van der Waals surface area contributed by atoms with E-state index in [-0.39, 0.29) is 0 Å². The number of rotatable bonds is 5. The third-order valence-corrected chi connectivity index (χ3v) is 4.02. The molecule has 1 nitrogen and oxygen atoms in total. The molecule has 0 aromatic heterocycles. The molecule has 0 amide bonds. The van der Waals surface area contributed by atoms with Gasteiger partial charge in [0.25, 0.3) is 0 Å². The van der Waals surface area contributed by atoms with Gasteiger partial charge in [0.05, 0.1) is 9.50 Å². The Morgan fingerprint density at radius 3 is 3.00 bits per heavy atom. The molecule has 0 saturated carbocycles. The highest BCUT2D eigenvalue weighted by Gasteiger charge is 2.01. The molecule has 1 aromatic rings. The fraction of sp³-hybridized carbons (Fsp3) is 0.400. The molecule has 0 atom stereocenters. The van der Waals surface area contributed by atoms with Crippen molar-refractivity contribution in [1.82, 2.24) is 0 Å². The number of anilines is 1. The third kappa shape index (κ3) is 3.71. The van der Waals surface area contributed by atoms with Gasteiger partial charge in [0, 0.05) is 18.0 Å². The summed E-state index contributed by atoms with van der Waals surface area (Å²) >= 11 is 11.3. The Bertz CT molecular complexity index is 293. The first-order valence-corrected chi connectivity index (χ1v) is 6.84. The van der Waals surface area contributed by atoms with Crippen LogP contribution in [0.15, 0.2) is 22.7 Å². The predicted octanol–water partition coefficient (Wildman–Crippen LogP) is 4.27. The van der Waals surface area contributed by atoms with Gasteiger partial charge in [0.15, 0.2) is 0 Å². The summed E-state index contributed by atoms with van der Waals surface area (Å²) in [5.41, 5.74) is 1.06. The van der Waals surface area contributed by atoms with Crippen molar-refractivity contribution >= 4 is 45.0 Å². The molecule has 0 aliphatic heterocycles. The number of thioether (sulfide) groups is 1. The molecular weight excluding hydrogens is 282 g/mol. The molecule has 0 heterocycles. The van der Waals surface area contributed by atoms with Crippen LogP contribution in [-0.2, 0) is 0 Å². The van der Waals surface area contributed by atoms with Gasteiger partial charge in [-0.15, -0.1) is 0 Å². The maximum Gasteiger partial charge on any atom is 0.0593 e. The molecule has 0 radical (unpaired) electrons. The van der Waals surface area contributed by atoms with Crippen molar-refractivity contribution in [3.63, 3.8) is 0 Å². The van der Waals surface area contributed by atoms with Gasteiger partial charge < -0.3 is 5.32 Å². The first-order valence-electron chi connectivity index (χ1n) is 4.51. The number of nitrogens with one attached hydrogen (secondary N) is 1. The quantitative estimate of drug-likeness (QED) is 0.814. The van der Waals surface area contributed by atoms with Crippen LogP contribution in [0.2, 0.25) is 5.02 Å². The molecule has 1 rings (SSSR count). The molecule has 1 N–H and O–H groups in total. The molecule has 0 aliphatic carbocycles. The van der Waals surface area contributed by atoms with Crippen LogP contribution in [-0.4, -0.2) is 18.1 Å². The van der Waals surface area contributed by atoms with Crippen molar-refractivity contribution in [1.29, 1.82) is 0 Å². The Kier molecular flexibility index (Phi) is 5.75. The number of hydrogen-bond acceptors (Lipinski definition) is 2. The second kappa shape index (κ2) is 6.59. The molecular formula is C10H13BrClNS. The van der Waals surface area contributed by atoms with Gasteiger partial charge in [-0.1, -0.05) is 24.6 Å². The fourth-order valence-electron chi connectivity index (χ4n) is 1.04. The lowest BCUT2D eigenvalue weighted by Crippen LogP contribution is -2.04. The van der Waals surface area contributed by atoms with Crippen molar-refractivity contribution in [2.75, 3.05) is 23.4 Å². The summed E-state index contributed by atoms with van der Waals surface area (Å²) in [4.78, 5) is 0. The van der Waals surface area contributed by atoms with E-state index in [0.717, 1.165) is 27.5 Å². The van der Waals surface area contributed by atoms with Crippen LogP contribution >= 0.6 is 39.3 Å². The summed E-state index contributed by atoms with van der Waals surface area (Å²) in [5.74, 6) is 2.29. The lowest BCUT2D eigenvalue weighted by Gasteiger charge is -2.08. The first kappa shape index (κ1) is 12.2. The monoisotopic (exact) mass is 293 g/mol. The van der Waals surface area contributed by atoms with E-state index in [1.165, 1.54) is 5.75 Å². The fourth-order valence-corrected chi connectivity index (χ4v) is 2.16. The van der Waals surface area contributed by atoms with Crippen LogP contribution in [0.4, 0.5) is 5.69 Å². The minimum Gasteiger partial charge on any atom is -0.383 e. The Hall–Kier alpha value is 0.140. The van der Waals surface area contributed by atoms with Gasteiger partial charge in [-0.25, -0.2) is 0 Å². The summed E-state index contributed by atoms with van der Waals surface area (Å²) < 4.78 is 0.947. The Labute approximate surface area is 103 Å². The normalized spacial score (nSPS) is 10.2. The molecule has 14 heavy (non-hydrogen) atoms. The topological polar surface area (TPSA) is 12.0 Å². The number of hydrogen-bond donors (Lipinski definition) is 1. The van der Waals surface area contributed by atoms with Gasteiger partial charge in [-0.3, -0.25) is 0 Å². The second-order valence-corrected chi connectivity index (χ2v) is 5.32. The van der Waals surface area contributed by atoms with Crippen molar-refractivity contribution in [3.05, 3.63) is 27.7 Å². The molecule has 4 heteroatoms. The van der Waals surface area contributed by atoms with E-state index >= 15 is 0 Å². The second-order valence-electron chi connectivity index (χ2n) is 2.73. The number of halogens is 2. The van der Waals surface area contributed by atoms with Crippen LogP contribution < -0.4 is 5.32 Å². The Morgan fingerprint density at radius 1 is 1.50 bits per heavy atom. The van der Waals surface area contributed by atoms with Crippen LogP contribution in [0.3, 0.4) is 0 Å². The van der Waals surface area contributed by atoms with Gasteiger partial charge >= 0.3 is 0 Å². The molecule has 0 saturated heterocycles. The van der Waals surface area contributed by atoms with E-state index in [2.05, 4.69) is 28.2 Å². The smallest absolute Gasteiger partial charge is 0.0593 e. The highest BCUT2D eigenvalue weighted by Crippen LogP contribution is 2.29. The average Bonchev–Trinajstić information content (AvgIpc) is 2.19. The van der Waals surface area contributed by atoms with E-state index < -0.39 is 0 Å². The predicted molar refractivity (Wildman–Crippen MR) is 70.6 cm³/mol. The van der Waals surface area contributed by atoms with E-state index in [4.69, 9.17) is 11.6 Å². The largest absolute Gasteiger partial charge is 0.383 e. The maximum atomic E-state index is 5.96. The standard InChI is InChI=1S/C10H13BrClNS/c1-2-14-7-6-13-9-5-3-4-8(12)10(9)11/h3-5,13H,2,6-7H2,1H3. The molecule has 78 valence electrons. The Morgan fingerprint density at radius 2 is 2.29 bits per heavy atom. The summed E-state index contributed by atoms with van der Waals surface area (Å²) in [5, 5.41) is 4.08. The summed E-state index contributed by atoms with van der Waals surface area (Å²) in [6.07, 6.45) is 0. The zero-order chi connectivity index (χ0) is 10.4. The maximum absolute atomic E-state index is 5.96. The average molecular weight is 295 g/mol. The van der Waals surface area contributed by atoms with Crippen molar-refractivity contribution in [2.45, 2.75) is 6.92 Å². The lowest BCUT2D eigenvalue weighted by molar-refractivity contribution is 1.22. The van der Waals surface area contributed by atoms with Crippen LogP contribution in [0.25, 0.3) is 0 Å². The van der Waals surface area contributed by atoms with Crippen molar-refractivity contribution in [3.8, 4) is 0 Å². The minimum atomic E-state index is 0.748. The van der Waals surface area contributed by atoms with E-state index in [9.17, 15) is 0 Å². The molecule has 0 spiro atoms. The lowest BCUT2D eigenvalue weighted by atomic mass is 10.3. The van der Waals surface area contributed by atoms with Gasteiger partial charge in [-0.2, -0.15) is 11.8 Å². The van der Waals surface area contributed by atoms with E-state index in [0.29, 0.717) is 0 Å². The summed E-state index contributed by atoms with van der Waals surface area (Å²) in [6.45, 7) is 3.14. The minimum absolute atomic E-state index is 0.748. The molecule has 0 aliphatic rings. The third-order valence-electron chi connectivity index (χ3n) is 1.72. The first-order chi connectivity index (χ1) is 6.75. The zero-order valence-electron chi connectivity index (χ0n) is 8.02. The van der Waals surface area contributed by atoms with E-state index in [1.807, 2.05) is 30.0 Å². The Balaban J connectivity index is 2.46. The van der Waals surface area contributed by atoms with Gasteiger partial charge in [-0.05, 0) is 33.8 Å². The zero-order valence-corrected chi connectivity index (χ0v) is 11.2. The highest BCUT2D eigenvalue weighted by atomic mass is 79.9. The SMILES string of the molecule is CCSCCNc1cccc(Cl)c1Br. The van der Waals surface area contributed by atoms with Gasteiger partial charge in [0.1, 0.15) is 0 Å². The molecule has 0 unspecified atom stereocenters. The van der Waals surface area contributed by atoms with Crippen LogP contribution in [0.5, 0.6) is 0 Å². The van der Waals surface area contributed by atoms with Crippen LogP contribution in [0.1, 0.15) is 6.92 Å². The molecule has 0 fully saturated rings. The summed E-state index contributed by atoms with van der Waals surface area (Å²) in [7, 11) is 0. The van der Waals surface area contributed by atoms with Crippen LogP contribution in [0, 0.1) is 0 Å². The summed E-state index contributed by atoms with van der Waals surface area (Å²) in [6, 6.07) is 5.84. The molecule has 0 bridgehead atoms. The molecule has 1 aromatic carbocycles. The van der Waals surface area contributed by atoms with E-state index in [1.54, 1.807) is 0 Å². The highest BCUT2D eigenvalue weighted by molar-refractivity contribution is 9.10. The number of benzene rings is 1.